The molecule has 0 atom stereocenters. The van der Waals surface area contributed by atoms with E-state index < -0.39 is 6.16 Å². The van der Waals surface area contributed by atoms with E-state index in [9.17, 15) is 4.79 Å². The quantitative estimate of drug-likeness (QED) is 0.117. The Morgan fingerprint density at radius 2 is 0.857 bits per heavy atom. The lowest BCUT2D eigenvalue weighted by Crippen LogP contribution is -1.97. The van der Waals surface area contributed by atoms with Crippen LogP contribution in [0.5, 0.6) is 0 Å². The molecule has 0 unspecified atom stereocenters. The Hall–Kier alpha value is -1.25. The van der Waals surface area contributed by atoms with Gasteiger partial charge in [0.1, 0.15) is 0 Å². The first-order chi connectivity index (χ1) is 13.8. The number of carbonyl (C=O) groups excluding carboxylic acids is 1. The van der Waals surface area contributed by atoms with Crippen molar-refractivity contribution < 1.29 is 14.3 Å². The Labute approximate surface area is 175 Å². The monoisotopic (exact) mass is 394 g/mol. The van der Waals surface area contributed by atoms with E-state index in [-0.39, 0.29) is 0 Å². The van der Waals surface area contributed by atoms with Gasteiger partial charge in [-0.1, -0.05) is 104 Å². The molecule has 0 spiro atoms. The van der Waals surface area contributed by atoms with E-state index >= 15 is 0 Å². The maximum absolute atomic E-state index is 11.4. The maximum atomic E-state index is 11.4. The van der Waals surface area contributed by atoms with Crippen LogP contribution < -0.4 is 0 Å². The number of allylic oxidation sites excluding steroid dienone is 2. The average molecular weight is 395 g/mol. The molecule has 3 heteroatoms. The molecule has 0 aromatic heterocycles. The van der Waals surface area contributed by atoms with Crippen molar-refractivity contribution in [2.24, 2.45) is 0 Å². The van der Waals surface area contributed by atoms with Gasteiger partial charge in [-0.15, -0.1) is 0 Å². The molecule has 0 fully saturated rings. The van der Waals surface area contributed by atoms with E-state index in [1.165, 1.54) is 102 Å². The molecule has 0 saturated heterocycles. The summed E-state index contributed by atoms with van der Waals surface area (Å²) in [5, 5.41) is 0. The second-order valence-electron chi connectivity index (χ2n) is 7.76. The normalized spacial score (nSPS) is 11.5. The predicted octanol–water partition coefficient (Wildman–Crippen LogP) is 9.23. The standard InChI is InChI=1S/C25H46O3/c1-3-5-7-9-11-13-15-17-19-21-23-27-25(26)28-24-22-20-18-16-14-12-10-8-6-4-2/h21-24H,3-20H2,1-2H3/b23-21+,24-22+. The zero-order valence-corrected chi connectivity index (χ0v) is 18.8. The number of hydrogen-bond donors (Lipinski definition) is 0. The molecular weight excluding hydrogens is 348 g/mol. The summed E-state index contributed by atoms with van der Waals surface area (Å²) in [5.74, 6) is 0. The lowest BCUT2D eigenvalue weighted by Gasteiger charge is -2.00. The fraction of sp³-hybridized carbons (Fsp3) is 0.800. The Morgan fingerprint density at radius 1 is 0.536 bits per heavy atom. The van der Waals surface area contributed by atoms with Crippen molar-refractivity contribution in [2.75, 3.05) is 0 Å². The van der Waals surface area contributed by atoms with Crippen molar-refractivity contribution in [3.8, 4) is 0 Å². The van der Waals surface area contributed by atoms with Gasteiger partial charge in [-0.3, -0.25) is 0 Å². The Morgan fingerprint density at radius 3 is 1.21 bits per heavy atom. The van der Waals surface area contributed by atoms with Crippen LogP contribution >= 0.6 is 0 Å². The van der Waals surface area contributed by atoms with Crippen molar-refractivity contribution >= 4 is 6.16 Å². The van der Waals surface area contributed by atoms with E-state index in [1.54, 1.807) is 0 Å². The minimum Gasteiger partial charge on any atom is -0.403 e. The smallest absolute Gasteiger partial charge is 0.403 e. The number of hydrogen-bond acceptors (Lipinski definition) is 3. The third-order valence-corrected chi connectivity index (χ3v) is 4.97. The summed E-state index contributed by atoms with van der Waals surface area (Å²) in [6.07, 6.45) is 28.9. The van der Waals surface area contributed by atoms with Crippen LogP contribution in [0.15, 0.2) is 24.7 Å². The molecule has 0 aliphatic rings. The SMILES string of the molecule is CCCCCCCCCC/C=C/OC(=O)O/C=C/CCCCCCCCCC. The molecule has 0 bridgehead atoms. The predicted molar refractivity (Wildman–Crippen MR) is 120 cm³/mol. The fourth-order valence-corrected chi connectivity index (χ4v) is 3.16. The average Bonchev–Trinajstić information content (AvgIpc) is 2.70. The third kappa shape index (κ3) is 22.8. The number of carbonyl (C=O) groups is 1. The highest BCUT2D eigenvalue weighted by atomic mass is 16.7. The number of rotatable bonds is 20. The van der Waals surface area contributed by atoms with Crippen molar-refractivity contribution in [1.82, 2.24) is 0 Å². The van der Waals surface area contributed by atoms with E-state index in [4.69, 9.17) is 9.47 Å². The summed E-state index contributed by atoms with van der Waals surface area (Å²) >= 11 is 0. The summed E-state index contributed by atoms with van der Waals surface area (Å²) in [6, 6.07) is 0. The Balaban J connectivity index is 3.33. The van der Waals surface area contributed by atoms with Gasteiger partial charge >= 0.3 is 6.16 Å². The second kappa shape index (κ2) is 23.8. The molecule has 0 aliphatic heterocycles. The zero-order valence-electron chi connectivity index (χ0n) is 18.8. The maximum Gasteiger partial charge on any atom is 0.518 e. The van der Waals surface area contributed by atoms with Gasteiger partial charge in [0.2, 0.25) is 0 Å². The Bertz CT molecular complexity index is 340. The van der Waals surface area contributed by atoms with E-state index in [0.717, 1.165) is 25.7 Å². The highest BCUT2D eigenvalue weighted by Gasteiger charge is 1.97. The minimum absolute atomic E-state index is 0.653. The molecule has 28 heavy (non-hydrogen) atoms. The molecule has 0 N–H and O–H groups in total. The highest BCUT2D eigenvalue weighted by Crippen LogP contribution is 2.10. The first-order valence-electron chi connectivity index (χ1n) is 12.0. The molecule has 0 amide bonds. The lowest BCUT2D eigenvalue weighted by atomic mass is 10.1. The largest absolute Gasteiger partial charge is 0.518 e. The summed E-state index contributed by atoms with van der Waals surface area (Å²) in [7, 11) is 0. The van der Waals surface area contributed by atoms with Crippen molar-refractivity contribution in [3.63, 3.8) is 0 Å². The van der Waals surface area contributed by atoms with Crippen LogP contribution in [0, 0.1) is 0 Å². The summed E-state index contributed by atoms with van der Waals surface area (Å²) in [6.45, 7) is 4.50. The summed E-state index contributed by atoms with van der Waals surface area (Å²) < 4.78 is 9.83. The Kier molecular flexibility index (Phi) is 22.7. The van der Waals surface area contributed by atoms with Crippen LogP contribution in [0.3, 0.4) is 0 Å². The van der Waals surface area contributed by atoms with Gasteiger partial charge in [0.15, 0.2) is 0 Å². The van der Waals surface area contributed by atoms with E-state index in [0.29, 0.717) is 0 Å². The molecule has 0 aliphatic carbocycles. The molecule has 0 radical (unpaired) electrons. The third-order valence-electron chi connectivity index (χ3n) is 4.97. The zero-order chi connectivity index (χ0) is 20.5. The van der Waals surface area contributed by atoms with Gasteiger partial charge < -0.3 is 9.47 Å². The summed E-state index contributed by atoms with van der Waals surface area (Å²) in [4.78, 5) is 11.4. The van der Waals surface area contributed by atoms with Crippen molar-refractivity contribution in [2.45, 2.75) is 129 Å². The topological polar surface area (TPSA) is 35.5 Å². The first-order valence-corrected chi connectivity index (χ1v) is 12.0. The van der Waals surface area contributed by atoms with Crippen molar-refractivity contribution in [3.05, 3.63) is 24.7 Å². The van der Waals surface area contributed by atoms with Crippen molar-refractivity contribution in [1.29, 1.82) is 0 Å². The van der Waals surface area contributed by atoms with Gasteiger partial charge in [-0.25, -0.2) is 4.79 Å². The van der Waals surface area contributed by atoms with Crippen LogP contribution in [0.1, 0.15) is 129 Å². The molecule has 0 aromatic carbocycles. The van der Waals surface area contributed by atoms with Crippen LogP contribution in [0.2, 0.25) is 0 Å². The van der Waals surface area contributed by atoms with Gasteiger partial charge in [-0.05, 0) is 37.8 Å². The molecule has 0 aromatic rings. The number of ether oxygens (including phenoxy) is 2. The molecule has 0 rings (SSSR count). The molecule has 164 valence electrons. The molecule has 0 heterocycles. The van der Waals surface area contributed by atoms with Crippen LogP contribution in [-0.2, 0) is 9.47 Å². The van der Waals surface area contributed by atoms with E-state index in [1.807, 2.05) is 12.2 Å². The molecule has 0 saturated carbocycles. The van der Waals surface area contributed by atoms with Gasteiger partial charge in [0.25, 0.3) is 0 Å². The van der Waals surface area contributed by atoms with Crippen LogP contribution in [0.4, 0.5) is 4.79 Å². The highest BCUT2D eigenvalue weighted by molar-refractivity contribution is 5.61. The fourth-order valence-electron chi connectivity index (χ4n) is 3.16. The van der Waals surface area contributed by atoms with E-state index in [2.05, 4.69) is 13.8 Å². The van der Waals surface area contributed by atoms with Gasteiger partial charge in [0.05, 0.1) is 12.5 Å². The van der Waals surface area contributed by atoms with Gasteiger partial charge in [0, 0.05) is 0 Å². The summed E-state index contributed by atoms with van der Waals surface area (Å²) in [5.41, 5.74) is 0. The first kappa shape index (κ1) is 26.8. The lowest BCUT2D eigenvalue weighted by molar-refractivity contribution is 0.119. The number of unbranched alkanes of at least 4 members (excludes halogenated alkanes) is 16. The van der Waals surface area contributed by atoms with Gasteiger partial charge in [-0.2, -0.15) is 0 Å². The minimum atomic E-state index is -0.653. The van der Waals surface area contributed by atoms with Crippen LogP contribution in [0.25, 0.3) is 0 Å². The molecule has 3 nitrogen and oxygen atoms in total. The molecular formula is C25H46O3. The van der Waals surface area contributed by atoms with Crippen LogP contribution in [-0.4, -0.2) is 6.16 Å². The second-order valence-corrected chi connectivity index (χ2v) is 7.76.